The van der Waals surface area contributed by atoms with Crippen molar-refractivity contribution in [3.63, 3.8) is 0 Å². The van der Waals surface area contributed by atoms with Crippen molar-refractivity contribution >= 4 is 28.9 Å². The molecule has 1 aromatic carbocycles. The van der Waals surface area contributed by atoms with Crippen LogP contribution in [0, 0.1) is 12.8 Å². The largest absolute Gasteiger partial charge is 0.332 e. The summed E-state index contributed by atoms with van der Waals surface area (Å²) in [7, 11) is 0. The summed E-state index contributed by atoms with van der Waals surface area (Å²) in [5.74, 6) is 0.211. The van der Waals surface area contributed by atoms with E-state index in [1.807, 2.05) is 31.2 Å². The number of benzene rings is 1. The number of aryl methyl sites for hydroxylation is 1. The minimum atomic E-state index is 0.0334. The monoisotopic (exact) mass is 234 g/mol. The lowest BCUT2D eigenvalue weighted by atomic mass is 10.2. The number of hydrogen-bond donors (Lipinski definition) is 2. The maximum Gasteiger partial charge on any atom is 0.229 e. The fourth-order valence-corrected chi connectivity index (χ4v) is 1.64. The quantitative estimate of drug-likeness (QED) is 0.771. The van der Waals surface area contributed by atoms with Crippen LogP contribution in [0.25, 0.3) is 0 Å². The Labute approximate surface area is 100 Å². The predicted octanol–water partition coefficient (Wildman–Crippen LogP) is 2.22. The molecular weight excluding hydrogens is 220 g/mol. The van der Waals surface area contributed by atoms with Crippen LogP contribution in [0.4, 0.5) is 5.69 Å². The van der Waals surface area contributed by atoms with E-state index in [1.165, 1.54) is 0 Å². The van der Waals surface area contributed by atoms with Crippen molar-refractivity contribution in [2.24, 2.45) is 5.92 Å². The van der Waals surface area contributed by atoms with E-state index in [2.05, 4.69) is 10.6 Å². The molecule has 0 saturated heterocycles. The number of thiocarbonyl (C=S) groups is 1. The van der Waals surface area contributed by atoms with Crippen LogP contribution in [0.15, 0.2) is 24.3 Å². The maximum absolute atomic E-state index is 11.5. The molecule has 2 N–H and O–H groups in total. The van der Waals surface area contributed by atoms with Crippen molar-refractivity contribution < 1.29 is 4.79 Å². The Bertz CT molecular complexity index is 427. The second-order valence-electron chi connectivity index (χ2n) is 4.03. The van der Waals surface area contributed by atoms with Gasteiger partial charge in [-0.15, -0.1) is 0 Å². The van der Waals surface area contributed by atoms with E-state index in [4.69, 9.17) is 12.2 Å². The lowest BCUT2D eigenvalue weighted by Gasteiger charge is -2.10. The van der Waals surface area contributed by atoms with Crippen molar-refractivity contribution in [2.75, 3.05) is 5.32 Å². The van der Waals surface area contributed by atoms with Crippen LogP contribution >= 0.6 is 12.2 Å². The van der Waals surface area contributed by atoms with Gasteiger partial charge in [0.15, 0.2) is 5.11 Å². The molecule has 0 radical (unpaired) electrons. The van der Waals surface area contributed by atoms with Crippen LogP contribution in [-0.2, 0) is 4.79 Å². The Morgan fingerprint density at radius 1 is 1.38 bits per heavy atom. The first-order valence-electron chi connectivity index (χ1n) is 5.34. The van der Waals surface area contributed by atoms with E-state index in [0.29, 0.717) is 5.11 Å². The summed E-state index contributed by atoms with van der Waals surface area (Å²) in [6, 6.07) is 7.82. The fraction of sp³-hybridized carbons (Fsp3) is 0.333. The standard InChI is InChI=1S/C12H14N2OS/c1-8-4-2-3-5-10(8)13-12(16)14-11(15)9-6-7-9/h2-5,9H,6-7H2,1H3,(H2,13,14,15,16). The Morgan fingerprint density at radius 2 is 2.06 bits per heavy atom. The van der Waals surface area contributed by atoms with Crippen LogP contribution in [0.2, 0.25) is 0 Å². The van der Waals surface area contributed by atoms with Crippen molar-refractivity contribution in [3.05, 3.63) is 29.8 Å². The first-order valence-corrected chi connectivity index (χ1v) is 5.75. The van der Waals surface area contributed by atoms with Crippen molar-refractivity contribution in [1.29, 1.82) is 0 Å². The molecule has 1 saturated carbocycles. The molecule has 0 heterocycles. The zero-order valence-corrected chi connectivity index (χ0v) is 9.93. The van der Waals surface area contributed by atoms with Crippen LogP contribution in [-0.4, -0.2) is 11.0 Å². The van der Waals surface area contributed by atoms with Gasteiger partial charge in [-0.25, -0.2) is 0 Å². The molecule has 1 amide bonds. The molecule has 4 heteroatoms. The number of anilines is 1. The van der Waals surface area contributed by atoms with Gasteiger partial charge in [-0.05, 0) is 43.6 Å². The zero-order chi connectivity index (χ0) is 11.5. The smallest absolute Gasteiger partial charge is 0.229 e. The molecule has 0 spiro atoms. The minimum absolute atomic E-state index is 0.0334. The van der Waals surface area contributed by atoms with E-state index in [0.717, 1.165) is 24.1 Å². The Morgan fingerprint density at radius 3 is 2.69 bits per heavy atom. The van der Waals surface area contributed by atoms with Gasteiger partial charge in [0, 0.05) is 11.6 Å². The third-order valence-corrected chi connectivity index (χ3v) is 2.78. The van der Waals surface area contributed by atoms with Gasteiger partial charge < -0.3 is 10.6 Å². The van der Waals surface area contributed by atoms with E-state index in [9.17, 15) is 4.79 Å². The highest BCUT2D eigenvalue weighted by Gasteiger charge is 2.29. The maximum atomic E-state index is 11.5. The summed E-state index contributed by atoms with van der Waals surface area (Å²) in [5.41, 5.74) is 2.04. The van der Waals surface area contributed by atoms with E-state index < -0.39 is 0 Å². The molecular formula is C12H14N2OS. The third-order valence-electron chi connectivity index (χ3n) is 2.58. The van der Waals surface area contributed by atoms with Gasteiger partial charge in [-0.2, -0.15) is 0 Å². The number of carbonyl (C=O) groups excluding carboxylic acids is 1. The summed E-state index contributed by atoms with van der Waals surface area (Å²) in [6.07, 6.45) is 1.97. The summed E-state index contributed by atoms with van der Waals surface area (Å²) in [6.45, 7) is 1.99. The van der Waals surface area contributed by atoms with Gasteiger partial charge in [0.25, 0.3) is 0 Å². The van der Waals surface area contributed by atoms with Crippen LogP contribution in [0.3, 0.4) is 0 Å². The molecule has 1 aliphatic carbocycles. The summed E-state index contributed by atoms with van der Waals surface area (Å²) < 4.78 is 0. The molecule has 3 nitrogen and oxygen atoms in total. The number of carbonyl (C=O) groups is 1. The summed E-state index contributed by atoms with van der Waals surface area (Å²) in [5, 5.41) is 6.10. The topological polar surface area (TPSA) is 41.1 Å². The summed E-state index contributed by atoms with van der Waals surface area (Å²) in [4.78, 5) is 11.5. The van der Waals surface area contributed by atoms with Gasteiger partial charge in [0.1, 0.15) is 0 Å². The molecule has 0 aromatic heterocycles. The van der Waals surface area contributed by atoms with Gasteiger partial charge in [-0.1, -0.05) is 18.2 Å². The normalized spacial score (nSPS) is 14.3. The fourth-order valence-electron chi connectivity index (χ4n) is 1.43. The number of nitrogens with one attached hydrogen (secondary N) is 2. The molecule has 1 fully saturated rings. The predicted molar refractivity (Wildman–Crippen MR) is 68.3 cm³/mol. The first-order chi connectivity index (χ1) is 7.66. The van der Waals surface area contributed by atoms with E-state index >= 15 is 0 Å². The highest BCUT2D eigenvalue weighted by molar-refractivity contribution is 7.80. The Hall–Kier alpha value is -1.42. The van der Waals surface area contributed by atoms with Crippen LogP contribution in [0.1, 0.15) is 18.4 Å². The first kappa shape index (κ1) is 11.1. The van der Waals surface area contributed by atoms with Crippen molar-refractivity contribution in [1.82, 2.24) is 5.32 Å². The molecule has 1 aromatic rings. The number of rotatable bonds is 2. The van der Waals surface area contributed by atoms with Gasteiger partial charge in [0.2, 0.25) is 5.91 Å². The summed E-state index contributed by atoms with van der Waals surface area (Å²) >= 11 is 5.08. The average molecular weight is 234 g/mol. The third kappa shape index (κ3) is 2.79. The Kier molecular flexibility index (Phi) is 3.19. The number of para-hydroxylation sites is 1. The molecule has 2 rings (SSSR count). The van der Waals surface area contributed by atoms with Crippen LogP contribution < -0.4 is 10.6 Å². The number of hydrogen-bond acceptors (Lipinski definition) is 2. The van der Waals surface area contributed by atoms with E-state index in [-0.39, 0.29) is 11.8 Å². The highest BCUT2D eigenvalue weighted by Crippen LogP contribution is 2.28. The molecule has 84 valence electrons. The minimum Gasteiger partial charge on any atom is -0.332 e. The van der Waals surface area contributed by atoms with Gasteiger partial charge in [-0.3, -0.25) is 4.79 Å². The lowest BCUT2D eigenvalue weighted by Crippen LogP contribution is -2.35. The average Bonchev–Trinajstić information content (AvgIpc) is 3.04. The molecule has 16 heavy (non-hydrogen) atoms. The Balaban J connectivity index is 1.91. The molecule has 0 unspecified atom stereocenters. The molecule has 0 bridgehead atoms. The van der Waals surface area contributed by atoms with Crippen LogP contribution in [0.5, 0.6) is 0 Å². The van der Waals surface area contributed by atoms with E-state index in [1.54, 1.807) is 0 Å². The van der Waals surface area contributed by atoms with Crippen molar-refractivity contribution in [3.8, 4) is 0 Å². The van der Waals surface area contributed by atoms with Gasteiger partial charge in [0.05, 0.1) is 0 Å². The second-order valence-corrected chi connectivity index (χ2v) is 4.44. The zero-order valence-electron chi connectivity index (χ0n) is 9.12. The number of amides is 1. The second kappa shape index (κ2) is 4.61. The van der Waals surface area contributed by atoms with Crippen molar-refractivity contribution in [2.45, 2.75) is 19.8 Å². The highest BCUT2D eigenvalue weighted by atomic mass is 32.1. The molecule has 0 atom stereocenters. The lowest BCUT2D eigenvalue weighted by molar-refractivity contribution is -0.120. The van der Waals surface area contributed by atoms with Gasteiger partial charge >= 0.3 is 0 Å². The SMILES string of the molecule is Cc1ccccc1NC(=S)NC(=O)C1CC1. The molecule has 1 aliphatic rings. The molecule has 0 aliphatic heterocycles.